The Morgan fingerprint density at radius 1 is 0.929 bits per heavy atom. The molecule has 1 atom stereocenters. The molecule has 28 heavy (non-hydrogen) atoms. The van der Waals surface area contributed by atoms with E-state index in [4.69, 9.17) is 0 Å². The van der Waals surface area contributed by atoms with E-state index in [1.54, 1.807) is 41.3 Å². The second kappa shape index (κ2) is 7.13. The fourth-order valence-corrected chi connectivity index (χ4v) is 4.57. The molecule has 1 heterocycles. The first kappa shape index (κ1) is 18.3. The molecule has 142 valence electrons. The molecule has 3 aromatic rings. The van der Waals surface area contributed by atoms with Gasteiger partial charge in [0, 0.05) is 23.0 Å². The van der Waals surface area contributed by atoms with Crippen LogP contribution < -0.4 is 9.62 Å². The van der Waals surface area contributed by atoms with Crippen LogP contribution in [0.15, 0.2) is 83.8 Å². The summed E-state index contributed by atoms with van der Waals surface area (Å²) in [5.41, 5.74) is 3.02. The van der Waals surface area contributed by atoms with E-state index >= 15 is 0 Å². The highest BCUT2D eigenvalue weighted by atomic mass is 32.2. The van der Waals surface area contributed by atoms with Gasteiger partial charge in [0.05, 0.1) is 4.90 Å². The molecular weight excluding hydrogens is 372 g/mol. The van der Waals surface area contributed by atoms with Crippen molar-refractivity contribution in [3.8, 4) is 0 Å². The number of sulfonamides is 1. The van der Waals surface area contributed by atoms with E-state index in [0.29, 0.717) is 11.3 Å². The van der Waals surface area contributed by atoms with Crippen molar-refractivity contribution in [2.75, 3.05) is 9.62 Å². The largest absolute Gasteiger partial charge is 0.305 e. The SMILES string of the molecule is C[C@@H]1Cc2ccccc2N1C(=O)c1ccc(S(=O)(=O)Nc2ccccc2)cc1. The minimum Gasteiger partial charge on any atom is -0.305 e. The number of carbonyl (C=O) groups excluding carboxylic acids is 1. The second-order valence-corrected chi connectivity index (χ2v) is 8.54. The zero-order valence-corrected chi connectivity index (χ0v) is 16.2. The first-order valence-electron chi connectivity index (χ1n) is 9.05. The molecule has 3 aromatic carbocycles. The van der Waals surface area contributed by atoms with Crippen LogP contribution in [0.5, 0.6) is 0 Å². The molecule has 1 N–H and O–H groups in total. The van der Waals surface area contributed by atoms with Gasteiger partial charge in [-0.3, -0.25) is 9.52 Å². The highest BCUT2D eigenvalue weighted by molar-refractivity contribution is 7.92. The van der Waals surface area contributed by atoms with Crippen molar-refractivity contribution in [1.29, 1.82) is 0 Å². The molecule has 0 spiro atoms. The number of nitrogens with zero attached hydrogens (tertiary/aromatic N) is 1. The molecule has 0 radical (unpaired) electrons. The van der Waals surface area contributed by atoms with Crippen LogP contribution in [0.3, 0.4) is 0 Å². The maximum absolute atomic E-state index is 13.0. The first-order chi connectivity index (χ1) is 13.5. The number of carbonyl (C=O) groups is 1. The minimum atomic E-state index is -3.71. The second-order valence-electron chi connectivity index (χ2n) is 6.85. The van der Waals surface area contributed by atoms with E-state index < -0.39 is 10.0 Å². The summed E-state index contributed by atoms with van der Waals surface area (Å²) in [6, 6.07) is 22.7. The standard InChI is InChI=1S/C22H20N2O3S/c1-16-15-18-7-5-6-10-21(18)24(16)22(25)17-11-13-20(14-12-17)28(26,27)23-19-8-3-2-4-9-19/h2-14,16,23H,15H2,1H3/t16-/m1/s1. The molecule has 1 amide bonds. The fraction of sp³-hybridized carbons (Fsp3) is 0.136. The Labute approximate surface area is 164 Å². The predicted molar refractivity (Wildman–Crippen MR) is 110 cm³/mol. The highest BCUT2D eigenvalue weighted by Crippen LogP contribution is 2.33. The lowest BCUT2D eigenvalue weighted by Crippen LogP contribution is -2.35. The normalized spacial score (nSPS) is 15.9. The molecule has 1 aliphatic rings. The molecule has 0 aromatic heterocycles. The van der Waals surface area contributed by atoms with Crippen molar-refractivity contribution in [2.24, 2.45) is 0 Å². The van der Waals surface area contributed by atoms with Crippen molar-refractivity contribution in [3.05, 3.63) is 90.0 Å². The Morgan fingerprint density at radius 3 is 2.29 bits per heavy atom. The molecule has 0 saturated carbocycles. The van der Waals surface area contributed by atoms with Gasteiger partial charge >= 0.3 is 0 Å². The summed E-state index contributed by atoms with van der Waals surface area (Å²) in [5, 5.41) is 0. The average Bonchev–Trinajstić information content (AvgIpc) is 3.03. The topological polar surface area (TPSA) is 66.5 Å². The lowest BCUT2D eigenvalue weighted by atomic mass is 10.1. The van der Waals surface area contributed by atoms with Crippen LogP contribution in [0.2, 0.25) is 0 Å². The maximum atomic E-state index is 13.0. The first-order valence-corrected chi connectivity index (χ1v) is 10.5. The Bertz CT molecular complexity index is 1110. The van der Waals surface area contributed by atoms with Crippen molar-refractivity contribution in [1.82, 2.24) is 0 Å². The number of nitrogens with one attached hydrogen (secondary N) is 1. The van der Waals surface area contributed by atoms with E-state index in [1.807, 2.05) is 37.3 Å². The van der Waals surface area contributed by atoms with Gasteiger partial charge in [-0.05, 0) is 61.4 Å². The summed E-state index contributed by atoms with van der Waals surface area (Å²) in [7, 11) is -3.71. The maximum Gasteiger partial charge on any atom is 0.261 e. The summed E-state index contributed by atoms with van der Waals surface area (Å²) in [6.45, 7) is 2.01. The number of hydrogen-bond acceptors (Lipinski definition) is 3. The van der Waals surface area contributed by atoms with Gasteiger partial charge in [-0.2, -0.15) is 0 Å². The predicted octanol–water partition coefficient (Wildman–Crippen LogP) is 4.08. The van der Waals surface area contributed by atoms with Crippen molar-refractivity contribution in [3.63, 3.8) is 0 Å². The fourth-order valence-electron chi connectivity index (χ4n) is 3.51. The van der Waals surface area contributed by atoms with Crippen LogP contribution in [0.4, 0.5) is 11.4 Å². The van der Waals surface area contributed by atoms with Crippen LogP contribution >= 0.6 is 0 Å². The molecule has 0 unspecified atom stereocenters. The van der Waals surface area contributed by atoms with E-state index in [9.17, 15) is 13.2 Å². The van der Waals surface area contributed by atoms with Crippen LogP contribution in [-0.4, -0.2) is 20.4 Å². The smallest absolute Gasteiger partial charge is 0.261 e. The Hall–Kier alpha value is -3.12. The average molecular weight is 392 g/mol. The van der Waals surface area contributed by atoms with Crippen LogP contribution in [0.25, 0.3) is 0 Å². The van der Waals surface area contributed by atoms with Gasteiger partial charge < -0.3 is 4.90 Å². The highest BCUT2D eigenvalue weighted by Gasteiger charge is 2.31. The van der Waals surface area contributed by atoms with E-state index in [2.05, 4.69) is 4.72 Å². The lowest BCUT2D eigenvalue weighted by molar-refractivity contribution is 0.0981. The Kier molecular flexibility index (Phi) is 4.65. The van der Waals surface area contributed by atoms with Gasteiger partial charge in [0.1, 0.15) is 0 Å². The lowest BCUT2D eigenvalue weighted by Gasteiger charge is -2.23. The van der Waals surface area contributed by atoms with E-state index in [1.165, 1.54) is 12.1 Å². The number of hydrogen-bond donors (Lipinski definition) is 1. The molecule has 0 fully saturated rings. The van der Waals surface area contributed by atoms with E-state index in [0.717, 1.165) is 17.7 Å². The van der Waals surface area contributed by atoms with Gasteiger partial charge in [-0.15, -0.1) is 0 Å². The van der Waals surface area contributed by atoms with E-state index in [-0.39, 0.29) is 16.8 Å². The number of fused-ring (bicyclic) bond motifs is 1. The van der Waals surface area contributed by atoms with Gasteiger partial charge in [0.25, 0.3) is 15.9 Å². The third-order valence-electron chi connectivity index (χ3n) is 4.86. The molecule has 0 bridgehead atoms. The molecule has 0 saturated heterocycles. The number of benzene rings is 3. The zero-order chi connectivity index (χ0) is 19.7. The molecule has 5 nitrogen and oxygen atoms in total. The third-order valence-corrected chi connectivity index (χ3v) is 6.26. The number of anilines is 2. The van der Waals surface area contributed by atoms with Gasteiger partial charge in [0.2, 0.25) is 0 Å². The Morgan fingerprint density at radius 2 is 1.57 bits per heavy atom. The molecule has 0 aliphatic carbocycles. The van der Waals surface area contributed by atoms with Crippen molar-refractivity contribution in [2.45, 2.75) is 24.3 Å². The monoisotopic (exact) mass is 392 g/mol. The third kappa shape index (κ3) is 3.39. The number of para-hydroxylation sites is 2. The molecular formula is C22H20N2O3S. The van der Waals surface area contributed by atoms with Crippen molar-refractivity contribution < 1.29 is 13.2 Å². The summed E-state index contributed by atoms with van der Waals surface area (Å²) in [6.07, 6.45) is 0.815. The van der Waals surface area contributed by atoms with Crippen LogP contribution in [0.1, 0.15) is 22.8 Å². The molecule has 4 rings (SSSR count). The number of amides is 1. The number of rotatable bonds is 4. The van der Waals surface area contributed by atoms with Crippen LogP contribution in [0, 0.1) is 0 Å². The summed E-state index contributed by atoms with van der Waals surface area (Å²) >= 11 is 0. The summed E-state index contributed by atoms with van der Waals surface area (Å²) in [5.74, 6) is -0.127. The van der Waals surface area contributed by atoms with Crippen molar-refractivity contribution >= 4 is 27.3 Å². The van der Waals surface area contributed by atoms with Gasteiger partial charge in [0.15, 0.2) is 0 Å². The van der Waals surface area contributed by atoms with Crippen LogP contribution in [-0.2, 0) is 16.4 Å². The molecule has 1 aliphatic heterocycles. The van der Waals surface area contributed by atoms with Gasteiger partial charge in [-0.25, -0.2) is 8.42 Å². The Balaban J connectivity index is 1.57. The molecule has 6 heteroatoms. The quantitative estimate of drug-likeness (QED) is 0.728. The summed E-state index contributed by atoms with van der Waals surface area (Å²) in [4.78, 5) is 14.9. The summed E-state index contributed by atoms with van der Waals surface area (Å²) < 4.78 is 27.6. The minimum absolute atomic E-state index is 0.0630. The zero-order valence-electron chi connectivity index (χ0n) is 15.4. The van der Waals surface area contributed by atoms with Gasteiger partial charge in [-0.1, -0.05) is 36.4 Å².